The molecule has 0 aliphatic rings. The number of nitrogens with one attached hydrogen (secondary N) is 1. The molecule has 0 heterocycles. The molecule has 2 heteroatoms. The van der Waals surface area contributed by atoms with Gasteiger partial charge < -0.3 is 11.1 Å². The van der Waals surface area contributed by atoms with E-state index in [0.29, 0.717) is 0 Å². The van der Waals surface area contributed by atoms with Crippen LogP contribution in [0.5, 0.6) is 0 Å². The molecule has 1 aromatic rings. The van der Waals surface area contributed by atoms with Gasteiger partial charge in [0.1, 0.15) is 0 Å². The molecule has 0 aliphatic carbocycles. The normalized spacial score (nSPS) is 9.69. The van der Waals surface area contributed by atoms with Crippen molar-refractivity contribution in [2.45, 2.75) is 13.3 Å². The minimum atomic E-state index is 0.845. The summed E-state index contributed by atoms with van der Waals surface area (Å²) in [6.07, 6.45) is 2.79. The van der Waals surface area contributed by atoms with Crippen molar-refractivity contribution in [1.82, 2.24) is 0 Å². The van der Waals surface area contributed by atoms with Crippen molar-refractivity contribution in [3.63, 3.8) is 0 Å². The molecule has 0 bridgehead atoms. The van der Waals surface area contributed by atoms with E-state index >= 15 is 0 Å². The molecule has 0 radical (unpaired) electrons. The van der Waals surface area contributed by atoms with Crippen LogP contribution < -0.4 is 11.1 Å². The van der Waals surface area contributed by atoms with Crippen LogP contribution in [0.1, 0.15) is 18.1 Å². The highest BCUT2D eigenvalue weighted by Crippen LogP contribution is 2.24. The Hall–Kier alpha value is -1.44. The summed E-state index contributed by atoms with van der Waals surface area (Å²) >= 11 is 0. The minimum absolute atomic E-state index is 0.845. The Kier molecular flexibility index (Phi) is 2.96. The lowest BCUT2D eigenvalue weighted by atomic mass is 10.0. The molecule has 0 spiro atoms. The smallest absolute Gasteiger partial charge is 0.0431 e. The largest absolute Gasteiger partial charge is 0.398 e. The molecular formula is C11H16N2. The maximum Gasteiger partial charge on any atom is 0.0431 e. The van der Waals surface area contributed by atoms with Gasteiger partial charge in [-0.15, -0.1) is 0 Å². The van der Waals surface area contributed by atoms with Crippen molar-refractivity contribution in [2.24, 2.45) is 0 Å². The lowest BCUT2D eigenvalue weighted by Gasteiger charge is -2.10. The van der Waals surface area contributed by atoms with E-state index in [9.17, 15) is 0 Å². The molecule has 1 aromatic carbocycles. The van der Waals surface area contributed by atoms with Gasteiger partial charge in [-0.25, -0.2) is 0 Å². The zero-order valence-electron chi connectivity index (χ0n) is 8.22. The lowest BCUT2D eigenvalue weighted by molar-refractivity contribution is 1.14. The Morgan fingerprint density at radius 1 is 1.54 bits per heavy atom. The Bertz CT molecular complexity index is 316. The maximum atomic E-state index is 5.86. The highest BCUT2D eigenvalue weighted by Gasteiger charge is 2.02. The van der Waals surface area contributed by atoms with Crippen LogP contribution in [0.3, 0.4) is 0 Å². The second kappa shape index (κ2) is 3.99. The molecule has 0 atom stereocenters. The third-order valence-corrected chi connectivity index (χ3v) is 2.18. The van der Waals surface area contributed by atoms with Crippen molar-refractivity contribution in [3.05, 3.63) is 29.8 Å². The molecule has 0 saturated heterocycles. The molecule has 0 fully saturated rings. The van der Waals surface area contributed by atoms with Crippen molar-refractivity contribution >= 4 is 17.5 Å². The Morgan fingerprint density at radius 2 is 2.23 bits per heavy atom. The molecular weight excluding hydrogens is 160 g/mol. The van der Waals surface area contributed by atoms with Gasteiger partial charge in [0.15, 0.2) is 0 Å². The highest BCUT2D eigenvalue weighted by atomic mass is 14.8. The standard InChI is InChI=1S/C11H16N2/c1-4-8-6-9(5-2)11(13-3)7-10(8)12/h5-7,13H,2,4,12H2,1,3H3. The van der Waals surface area contributed by atoms with Gasteiger partial charge in [0.2, 0.25) is 0 Å². The summed E-state index contributed by atoms with van der Waals surface area (Å²) in [5.41, 5.74) is 10.0. The van der Waals surface area contributed by atoms with Gasteiger partial charge in [0.05, 0.1) is 0 Å². The number of rotatable bonds is 3. The van der Waals surface area contributed by atoms with Gasteiger partial charge in [-0.1, -0.05) is 19.6 Å². The zero-order valence-corrected chi connectivity index (χ0v) is 8.22. The summed E-state index contributed by atoms with van der Waals surface area (Å²) in [7, 11) is 1.88. The van der Waals surface area contributed by atoms with Crippen molar-refractivity contribution in [1.29, 1.82) is 0 Å². The SMILES string of the molecule is C=Cc1cc(CC)c(N)cc1NC. The van der Waals surface area contributed by atoms with Crippen molar-refractivity contribution < 1.29 is 0 Å². The average Bonchev–Trinajstić information content (AvgIpc) is 2.17. The molecule has 13 heavy (non-hydrogen) atoms. The monoisotopic (exact) mass is 176 g/mol. The fourth-order valence-corrected chi connectivity index (χ4v) is 1.37. The molecule has 70 valence electrons. The van der Waals surface area contributed by atoms with Gasteiger partial charge in [-0.05, 0) is 29.7 Å². The molecule has 0 aromatic heterocycles. The number of hydrogen-bond donors (Lipinski definition) is 2. The third kappa shape index (κ3) is 1.83. The molecule has 0 unspecified atom stereocenters. The van der Waals surface area contributed by atoms with E-state index in [0.717, 1.165) is 23.4 Å². The van der Waals surface area contributed by atoms with Crippen LogP contribution in [0.2, 0.25) is 0 Å². The summed E-state index contributed by atoms with van der Waals surface area (Å²) in [6, 6.07) is 4.03. The van der Waals surface area contributed by atoms with E-state index in [1.165, 1.54) is 5.56 Å². The first-order valence-corrected chi connectivity index (χ1v) is 4.45. The van der Waals surface area contributed by atoms with E-state index < -0.39 is 0 Å². The number of benzene rings is 1. The molecule has 0 amide bonds. The van der Waals surface area contributed by atoms with Crippen molar-refractivity contribution in [3.8, 4) is 0 Å². The predicted octanol–water partition coefficient (Wildman–Crippen LogP) is 2.52. The fourth-order valence-electron chi connectivity index (χ4n) is 1.37. The number of anilines is 2. The number of hydrogen-bond acceptors (Lipinski definition) is 2. The summed E-state index contributed by atoms with van der Waals surface area (Å²) in [6.45, 7) is 5.86. The van der Waals surface area contributed by atoms with Gasteiger partial charge in [-0.2, -0.15) is 0 Å². The number of aryl methyl sites for hydroxylation is 1. The Balaban J connectivity index is 3.26. The van der Waals surface area contributed by atoms with E-state index in [1.807, 2.05) is 19.2 Å². The van der Waals surface area contributed by atoms with E-state index in [1.54, 1.807) is 0 Å². The topological polar surface area (TPSA) is 38.0 Å². The second-order valence-corrected chi connectivity index (χ2v) is 2.95. The fraction of sp³-hybridized carbons (Fsp3) is 0.273. The van der Waals surface area contributed by atoms with Crippen LogP contribution in [-0.4, -0.2) is 7.05 Å². The van der Waals surface area contributed by atoms with Gasteiger partial charge in [0.25, 0.3) is 0 Å². The van der Waals surface area contributed by atoms with Crippen LogP contribution in [0, 0.1) is 0 Å². The Labute approximate surface area is 79.5 Å². The molecule has 0 saturated carbocycles. The summed E-state index contributed by atoms with van der Waals surface area (Å²) in [5, 5.41) is 3.09. The quantitative estimate of drug-likeness (QED) is 0.694. The van der Waals surface area contributed by atoms with Crippen LogP contribution >= 0.6 is 0 Å². The third-order valence-electron chi connectivity index (χ3n) is 2.18. The lowest BCUT2D eigenvalue weighted by Crippen LogP contribution is -1.98. The summed E-state index contributed by atoms with van der Waals surface area (Å²) < 4.78 is 0. The van der Waals surface area contributed by atoms with E-state index in [-0.39, 0.29) is 0 Å². The summed E-state index contributed by atoms with van der Waals surface area (Å²) in [5.74, 6) is 0. The molecule has 2 nitrogen and oxygen atoms in total. The predicted molar refractivity (Wildman–Crippen MR) is 59.9 cm³/mol. The molecule has 0 aliphatic heterocycles. The van der Waals surface area contributed by atoms with E-state index in [2.05, 4.69) is 24.9 Å². The Morgan fingerprint density at radius 3 is 2.69 bits per heavy atom. The second-order valence-electron chi connectivity index (χ2n) is 2.95. The minimum Gasteiger partial charge on any atom is -0.398 e. The van der Waals surface area contributed by atoms with Crippen LogP contribution in [0.25, 0.3) is 6.08 Å². The van der Waals surface area contributed by atoms with Crippen LogP contribution in [0.4, 0.5) is 11.4 Å². The number of nitrogen functional groups attached to an aromatic ring is 1. The first kappa shape index (κ1) is 9.65. The zero-order chi connectivity index (χ0) is 9.84. The van der Waals surface area contributed by atoms with Gasteiger partial charge >= 0.3 is 0 Å². The molecule has 3 N–H and O–H groups in total. The summed E-state index contributed by atoms with van der Waals surface area (Å²) in [4.78, 5) is 0. The van der Waals surface area contributed by atoms with Gasteiger partial charge in [-0.3, -0.25) is 0 Å². The van der Waals surface area contributed by atoms with E-state index in [4.69, 9.17) is 5.73 Å². The van der Waals surface area contributed by atoms with Crippen molar-refractivity contribution in [2.75, 3.05) is 18.1 Å². The van der Waals surface area contributed by atoms with Gasteiger partial charge in [0, 0.05) is 18.4 Å². The number of nitrogens with two attached hydrogens (primary N) is 1. The first-order valence-electron chi connectivity index (χ1n) is 4.45. The highest BCUT2D eigenvalue weighted by molar-refractivity contribution is 5.72. The van der Waals surface area contributed by atoms with Crippen LogP contribution in [0.15, 0.2) is 18.7 Å². The molecule has 1 rings (SSSR count). The van der Waals surface area contributed by atoms with Crippen LogP contribution in [-0.2, 0) is 6.42 Å². The first-order chi connectivity index (χ1) is 6.22. The maximum absolute atomic E-state index is 5.86. The average molecular weight is 176 g/mol.